The third-order valence-corrected chi connectivity index (χ3v) is 15.3. The molecule has 0 atom stereocenters. The predicted octanol–water partition coefficient (Wildman–Crippen LogP) is 17.7. The average molecular weight is 971 g/mol. The summed E-state index contributed by atoms with van der Waals surface area (Å²) >= 11 is 0. The average Bonchev–Trinajstić information content (AvgIpc) is 4.30. The maximum atomic E-state index is 6.31. The molecule has 16 aromatic rings. The van der Waals surface area contributed by atoms with Crippen LogP contribution in [0, 0.1) is 0 Å². The molecule has 0 amide bonds. The lowest BCUT2D eigenvalue weighted by Crippen LogP contribution is -2.04. The highest BCUT2D eigenvalue weighted by Gasteiger charge is 2.23. The zero-order chi connectivity index (χ0) is 49.8. The van der Waals surface area contributed by atoms with Gasteiger partial charge < -0.3 is 18.1 Å². The molecule has 0 aliphatic rings. The second-order valence-electron chi connectivity index (χ2n) is 19.6. The second-order valence-corrected chi connectivity index (χ2v) is 19.6. The highest BCUT2D eigenvalue weighted by Crippen LogP contribution is 2.43. The minimum atomic E-state index is 0.568. The molecule has 0 aliphatic carbocycles. The minimum absolute atomic E-state index is 0.568. The Morgan fingerprint density at radius 2 is 0.658 bits per heavy atom. The topological polar surface area (TPSA) is 66.6 Å². The van der Waals surface area contributed by atoms with Gasteiger partial charge in [0.05, 0.1) is 38.8 Å². The van der Waals surface area contributed by atoms with Gasteiger partial charge in [0.25, 0.3) is 0 Å². The van der Waals surface area contributed by atoms with Gasteiger partial charge in [0.15, 0.2) is 17.5 Å². The van der Waals surface area contributed by atoms with Crippen molar-refractivity contribution in [2.24, 2.45) is 0 Å². The lowest BCUT2D eigenvalue weighted by Gasteiger charge is -2.17. The first-order chi connectivity index (χ1) is 37.7. The molecule has 16 rings (SSSR count). The molecule has 11 aromatic carbocycles. The van der Waals surface area contributed by atoms with Crippen molar-refractivity contribution >= 4 is 87.4 Å². The van der Waals surface area contributed by atoms with Crippen molar-refractivity contribution in [3.63, 3.8) is 0 Å². The zero-order valence-corrected chi connectivity index (χ0v) is 40.8. The highest BCUT2D eigenvalue weighted by atomic mass is 16.3. The Kier molecular flexibility index (Phi) is 9.20. The monoisotopic (exact) mass is 970 g/mol. The third-order valence-electron chi connectivity index (χ3n) is 15.3. The maximum Gasteiger partial charge on any atom is 0.166 e. The van der Waals surface area contributed by atoms with Crippen molar-refractivity contribution in [1.82, 2.24) is 28.7 Å². The van der Waals surface area contributed by atoms with Crippen LogP contribution in [0.3, 0.4) is 0 Å². The highest BCUT2D eigenvalue weighted by molar-refractivity contribution is 6.14. The molecule has 0 saturated heterocycles. The fourth-order valence-electron chi connectivity index (χ4n) is 11.9. The van der Waals surface area contributed by atoms with E-state index >= 15 is 0 Å². The summed E-state index contributed by atoms with van der Waals surface area (Å²) in [6.07, 6.45) is 0. The van der Waals surface area contributed by atoms with Crippen molar-refractivity contribution in [3.8, 4) is 62.4 Å². The molecule has 7 heteroatoms. The van der Waals surface area contributed by atoms with E-state index in [1.807, 2.05) is 48.5 Å². The van der Waals surface area contributed by atoms with Crippen molar-refractivity contribution in [2.75, 3.05) is 0 Å². The number of hydrogen-bond donors (Lipinski definition) is 0. The summed E-state index contributed by atoms with van der Waals surface area (Å²) in [4.78, 5) is 15.9. The largest absolute Gasteiger partial charge is 0.456 e. The van der Waals surface area contributed by atoms with Crippen LogP contribution in [0.5, 0.6) is 0 Å². The van der Waals surface area contributed by atoms with Gasteiger partial charge in [-0.2, -0.15) is 0 Å². The van der Waals surface area contributed by atoms with Crippen LogP contribution in [0.4, 0.5) is 0 Å². The smallest absolute Gasteiger partial charge is 0.166 e. The summed E-state index contributed by atoms with van der Waals surface area (Å²) in [6, 6.07) is 90.6. The van der Waals surface area contributed by atoms with Crippen molar-refractivity contribution in [2.45, 2.75) is 0 Å². The van der Waals surface area contributed by atoms with E-state index in [1.165, 1.54) is 21.5 Å². The Morgan fingerprint density at radius 1 is 0.250 bits per heavy atom. The third kappa shape index (κ3) is 6.46. The molecule has 0 aliphatic heterocycles. The van der Waals surface area contributed by atoms with Gasteiger partial charge in [-0.1, -0.05) is 164 Å². The van der Waals surface area contributed by atoms with E-state index in [0.717, 1.165) is 111 Å². The van der Waals surface area contributed by atoms with Crippen LogP contribution >= 0.6 is 0 Å². The molecule has 0 fully saturated rings. The number of para-hydroxylation sites is 5. The number of fused-ring (bicyclic) bond motifs is 12. The SMILES string of the molecule is c1ccc(-c2nc(-c3ccccc3)nc(-c3cc(-c4ccc5oc6ccccc6c5c4)ccc3-n3c4ccc(-n5c6ccccc6c6ccccc65)cc4c4cc(-n5c6ccccc6c6ccccc65)ccc43)n2)cc1. The van der Waals surface area contributed by atoms with Crippen LogP contribution in [0.1, 0.15) is 0 Å². The van der Waals surface area contributed by atoms with E-state index in [9.17, 15) is 0 Å². The van der Waals surface area contributed by atoms with Crippen molar-refractivity contribution in [3.05, 3.63) is 255 Å². The summed E-state index contributed by atoms with van der Waals surface area (Å²) in [5, 5.41) is 9.28. The summed E-state index contributed by atoms with van der Waals surface area (Å²) in [5.41, 5.74) is 16.4. The first-order valence-electron chi connectivity index (χ1n) is 25.7. The van der Waals surface area contributed by atoms with Crippen molar-refractivity contribution in [1.29, 1.82) is 0 Å². The first kappa shape index (κ1) is 42.2. The van der Waals surface area contributed by atoms with Crippen LogP contribution in [-0.2, 0) is 0 Å². The van der Waals surface area contributed by atoms with E-state index in [-0.39, 0.29) is 0 Å². The fraction of sp³-hybridized carbons (Fsp3) is 0. The Labute approximate surface area is 435 Å². The normalized spacial score (nSPS) is 11.9. The van der Waals surface area contributed by atoms with Gasteiger partial charge in [-0.15, -0.1) is 0 Å². The first-order valence-corrected chi connectivity index (χ1v) is 25.7. The van der Waals surface area contributed by atoms with Crippen molar-refractivity contribution < 1.29 is 4.42 Å². The van der Waals surface area contributed by atoms with Gasteiger partial charge in [-0.25, -0.2) is 15.0 Å². The van der Waals surface area contributed by atoms with Crippen LogP contribution < -0.4 is 0 Å². The standard InChI is InChI=1S/C69H42N6O/c1-3-17-43(18-4-1)67-70-68(44-19-5-2-6-20-44)72-69(71-67)57-40-45(46-32-38-66-56(39-46)53-25-11-16-30-65(53)76-66)31-35-64(57)75-62-36-33-47(73-58-26-12-7-21-49(58)50-22-8-13-27-59(50)73)41-54(62)55-42-48(34-37-63(55)75)74-60-28-14-9-23-51(60)52-24-10-15-29-61(52)74/h1-42H. The zero-order valence-electron chi connectivity index (χ0n) is 40.8. The van der Waals surface area contributed by atoms with Gasteiger partial charge in [0.2, 0.25) is 0 Å². The molecule has 0 saturated carbocycles. The molecule has 0 spiro atoms. The number of nitrogens with zero attached hydrogens (tertiary/aromatic N) is 6. The molecule has 0 N–H and O–H groups in total. The van der Waals surface area contributed by atoms with Crippen LogP contribution in [0.15, 0.2) is 259 Å². The van der Waals surface area contributed by atoms with E-state index in [0.29, 0.717) is 17.5 Å². The maximum absolute atomic E-state index is 6.31. The van der Waals surface area contributed by atoms with Gasteiger partial charge in [0, 0.05) is 71.2 Å². The van der Waals surface area contributed by atoms with E-state index in [2.05, 4.69) is 220 Å². The predicted molar refractivity (Wildman–Crippen MR) is 312 cm³/mol. The number of hydrogen-bond acceptors (Lipinski definition) is 4. The van der Waals surface area contributed by atoms with Gasteiger partial charge in [0.1, 0.15) is 11.2 Å². The Morgan fingerprint density at radius 3 is 1.18 bits per heavy atom. The Hall–Kier alpha value is -10.4. The van der Waals surface area contributed by atoms with Gasteiger partial charge >= 0.3 is 0 Å². The van der Waals surface area contributed by atoms with E-state index < -0.39 is 0 Å². The Balaban J connectivity index is 0.997. The van der Waals surface area contributed by atoms with Crippen LogP contribution in [0.2, 0.25) is 0 Å². The number of furan rings is 1. The van der Waals surface area contributed by atoms with Crippen LogP contribution in [0.25, 0.3) is 150 Å². The molecule has 354 valence electrons. The molecule has 76 heavy (non-hydrogen) atoms. The Bertz CT molecular complexity index is 4670. The molecule has 0 radical (unpaired) electrons. The van der Waals surface area contributed by atoms with Gasteiger partial charge in [-0.05, 0) is 102 Å². The number of benzene rings is 11. The molecule has 0 bridgehead atoms. The van der Waals surface area contributed by atoms with E-state index in [4.69, 9.17) is 19.4 Å². The quantitative estimate of drug-likeness (QED) is 0.160. The molecular weight excluding hydrogens is 929 g/mol. The molecule has 5 aromatic heterocycles. The molecule has 0 unspecified atom stereocenters. The van der Waals surface area contributed by atoms with Crippen LogP contribution in [-0.4, -0.2) is 28.7 Å². The van der Waals surface area contributed by atoms with E-state index in [1.54, 1.807) is 0 Å². The molecular formula is C69H42N6O. The summed E-state index contributed by atoms with van der Waals surface area (Å²) in [7, 11) is 0. The lowest BCUT2D eigenvalue weighted by molar-refractivity contribution is 0.669. The molecule has 5 heterocycles. The van der Waals surface area contributed by atoms with Gasteiger partial charge in [-0.3, -0.25) is 0 Å². The second kappa shape index (κ2) is 16.6. The summed E-state index contributed by atoms with van der Waals surface area (Å²) in [6.45, 7) is 0. The summed E-state index contributed by atoms with van der Waals surface area (Å²) < 4.78 is 13.5. The minimum Gasteiger partial charge on any atom is -0.456 e. The fourth-order valence-corrected chi connectivity index (χ4v) is 11.9. The lowest BCUT2D eigenvalue weighted by atomic mass is 9.99. The number of rotatable bonds is 7. The number of aromatic nitrogens is 6. The summed E-state index contributed by atoms with van der Waals surface area (Å²) in [5.74, 6) is 1.76. The molecule has 7 nitrogen and oxygen atoms in total.